The molecule has 0 atom stereocenters. The molecule has 0 fully saturated rings. The molecule has 0 amide bonds. The van der Waals surface area contributed by atoms with Crippen LogP contribution in [0.25, 0.3) is 11.0 Å². The van der Waals surface area contributed by atoms with Gasteiger partial charge in [0.15, 0.2) is 0 Å². The van der Waals surface area contributed by atoms with Crippen molar-refractivity contribution in [2.24, 2.45) is 0 Å². The summed E-state index contributed by atoms with van der Waals surface area (Å²) in [6, 6.07) is 12.0. The zero-order valence-electron chi connectivity index (χ0n) is 10.9. The van der Waals surface area contributed by atoms with Crippen molar-refractivity contribution in [2.75, 3.05) is 7.11 Å². The zero-order chi connectivity index (χ0) is 13.9. The molecule has 2 aromatic carbocycles. The average molecular weight is 272 g/mol. The molecule has 102 valence electrons. The number of fused-ring (bicyclic) bond motifs is 1. The van der Waals surface area contributed by atoms with Crippen molar-refractivity contribution in [3.63, 3.8) is 0 Å². The van der Waals surface area contributed by atoms with E-state index in [1.54, 1.807) is 25.3 Å². The van der Waals surface area contributed by atoms with Gasteiger partial charge in [0.2, 0.25) is 0 Å². The lowest BCUT2D eigenvalue weighted by Crippen LogP contribution is -1.95. The van der Waals surface area contributed by atoms with Crippen molar-refractivity contribution >= 4 is 11.0 Å². The highest BCUT2D eigenvalue weighted by Gasteiger charge is 2.11. The highest BCUT2D eigenvalue weighted by Crippen LogP contribution is 2.26. The predicted octanol–water partition coefficient (Wildman–Crippen LogP) is 4.16. The standard InChI is InChI=1S/C16H13FO3/c1-18-12-4-2-5-13(8-12)19-9-11-10-20-15-7-3-6-14(17)16(11)15/h2-8,10H,9H2,1H3. The number of hydrogen-bond donors (Lipinski definition) is 0. The minimum absolute atomic E-state index is 0.237. The largest absolute Gasteiger partial charge is 0.497 e. The first kappa shape index (κ1) is 12.5. The van der Waals surface area contributed by atoms with Gasteiger partial charge in [0.05, 0.1) is 18.8 Å². The van der Waals surface area contributed by atoms with Crippen molar-refractivity contribution in [1.82, 2.24) is 0 Å². The lowest BCUT2D eigenvalue weighted by atomic mass is 10.2. The van der Waals surface area contributed by atoms with Gasteiger partial charge in [-0.1, -0.05) is 12.1 Å². The number of hydrogen-bond acceptors (Lipinski definition) is 3. The van der Waals surface area contributed by atoms with Crippen molar-refractivity contribution < 1.29 is 18.3 Å². The number of rotatable bonds is 4. The molecule has 0 saturated heterocycles. The van der Waals surface area contributed by atoms with Crippen LogP contribution in [0.15, 0.2) is 53.1 Å². The molecule has 1 aromatic heterocycles. The second-order valence-electron chi connectivity index (χ2n) is 4.34. The molecular formula is C16H13FO3. The summed E-state index contributed by atoms with van der Waals surface area (Å²) in [7, 11) is 1.60. The lowest BCUT2D eigenvalue weighted by Gasteiger charge is -2.06. The summed E-state index contributed by atoms with van der Waals surface area (Å²) in [6.07, 6.45) is 1.52. The number of benzene rings is 2. The Labute approximate surface area is 115 Å². The van der Waals surface area contributed by atoms with Gasteiger partial charge < -0.3 is 13.9 Å². The molecular weight excluding hydrogens is 259 g/mol. The summed E-state index contributed by atoms with van der Waals surface area (Å²) < 4.78 is 29.9. The normalized spacial score (nSPS) is 10.7. The van der Waals surface area contributed by atoms with Crippen molar-refractivity contribution in [3.05, 3.63) is 60.1 Å². The topological polar surface area (TPSA) is 31.6 Å². The van der Waals surface area contributed by atoms with Crippen LogP contribution in [0.5, 0.6) is 11.5 Å². The zero-order valence-corrected chi connectivity index (χ0v) is 10.9. The van der Waals surface area contributed by atoms with Crippen LogP contribution in [0.3, 0.4) is 0 Å². The Morgan fingerprint density at radius 2 is 1.90 bits per heavy atom. The van der Waals surface area contributed by atoms with Crippen LogP contribution in [-0.4, -0.2) is 7.11 Å². The third-order valence-electron chi connectivity index (χ3n) is 3.06. The van der Waals surface area contributed by atoms with Gasteiger partial charge in [-0.3, -0.25) is 0 Å². The van der Waals surface area contributed by atoms with E-state index in [2.05, 4.69) is 0 Å². The SMILES string of the molecule is COc1cccc(OCc2coc3cccc(F)c23)c1. The monoisotopic (exact) mass is 272 g/mol. The van der Waals surface area contributed by atoms with Gasteiger partial charge >= 0.3 is 0 Å². The molecule has 0 aliphatic heterocycles. The fraction of sp³-hybridized carbons (Fsp3) is 0.125. The number of halogens is 1. The van der Waals surface area contributed by atoms with Crippen molar-refractivity contribution in [1.29, 1.82) is 0 Å². The van der Waals surface area contributed by atoms with Crippen LogP contribution in [0, 0.1) is 5.82 Å². The number of furan rings is 1. The van der Waals surface area contributed by atoms with E-state index in [1.807, 2.05) is 18.2 Å². The molecule has 0 unspecified atom stereocenters. The van der Waals surface area contributed by atoms with Gasteiger partial charge in [0.1, 0.15) is 29.5 Å². The van der Waals surface area contributed by atoms with Crippen LogP contribution >= 0.6 is 0 Å². The first-order valence-corrected chi connectivity index (χ1v) is 6.19. The van der Waals surface area contributed by atoms with Crippen molar-refractivity contribution in [3.8, 4) is 11.5 Å². The maximum absolute atomic E-state index is 13.8. The van der Waals surface area contributed by atoms with Crippen LogP contribution < -0.4 is 9.47 Å². The highest BCUT2D eigenvalue weighted by molar-refractivity contribution is 5.81. The molecule has 0 aliphatic carbocycles. The summed E-state index contributed by atoms with van der Waals surface area (Å²) in [5.74, 6) is 1.07. The second-order valence-corrected chi connectivity index (χ2v) is 4.34. The van der Waals surface area contributed by atoms with Crippen LogP contribution in [0.2, 0.25) is 0 Å². The Morgan fingerprint density at radius 3 is 2.75 bits per heavy atom. The Bertz CT molecular complexity index is 733. The Balaban J connectivity index is 1.83. The van der Waals surface area contributed by atoms with Gasteiger partial charge in [-0.15, -0.1) is 0 Å². The Kier molecular flexibility index (Phi) is 3.29. The van der Waals surface area contributed by atoms with E-state index >= 15 is 0 Å². The lowest BCUT2D eigenvalue weighted by molar-refractivity contribution is 0.303. The number of ether oxygens (including phenoxy) is 2. The quantitative estimate of drug-likeness (QED) is 0.714. The molecule has 0 spiro atoms. The summed E-state index contributed by atoms with van der Waals surface area (Å²) in [5.41, 5.74) is 1.20. The van der Waals surface area contributed by atoms with E-state index < -0.39 is 0 Å². The summed E-state index contributed by atoms with van der Waals surface area (Å²) in [4.78, 5) is 0. The average Bonchev–Trinajstić information content (AvgIpc) is 2.90. The molecule has 0 aliphatic rings. The third-order valence-corrected chi connectivity index (χ3v) is 3.06. The molecule has 0 bridgehead atoms. The van der Waals surface area contributed by atoms with E-state index in [9.17, 15) is 4.39 Å². The Morgan fingerprint density at radius 1 is 1.10 bits per heavy atom. The summed E-state index contributed by atoms with van der Waals surface area (Å²) >= 11 is 0. The Hall–Kier alpha value is -2.49. The molecule has 3 rings (SSSR count). The first-order chi connectivity index (χ1) is 9.78. The van der Waals surface area contributed by atoms with E-state index in [-0.39, 0.29) is 12.4 Å². The number of methoxy groups -OCH3 is 1. The molecule has 3 aromatic rings. The van der Waals surface area contributed by atoms with Crippen molar-refractivity contribution in [2.45, 2.75) is 6.61 Å². The van der Waals surface area contributed by atoms with Gasteiger partial charge in [0, 0.05) is 11.6 Å². The van der Waals surface area contributed by atoms with E-state index in [0.29, 0.717) is 28.0 Å². The fourth-order valence-corrected chi connectivity index (χ4v) is 2.07. The highest BCUT2D eigenvalue weighted by atomic mass is 19.1. The summed E-state index contributed by atoms with van der Waals surface area (Å²) in [5, 5.41) is 0.468. The third kappa shape index (κ3) is 2.32. The van der Waals surface area contributed by atoms with Gasteiger partial charge in [-0.25, -0.2) is 4.39 Å². The minimum Gasteiger partial charge on any atom is -0.497 e. The maximum Gasteiger partial charge on any atom is 0.137 e. The molecule has 4 heteroatoms. The molecule has 20 heavy (non-hydrogen) atoms. The maximum atomic E-state index is 13.8. The molecule has 0 N–H and O–H groups in total. The van der Waals surface area contributed by atoms with Crippen LogP contribution in [0.1, 0.15) is 5.56 Å². The van der Waals surface area contributed by atoms with Gasteiger partial charge in [0.25, 0.3) is 0 Å². The molecule has 0 saturated carbocycles. The van der Waals surface area contributed by atoms with Crippen LogP contribution in [-0.2, 0) is 6.61 Å². The second kappa shape index (κ2) is 5.25. The minimum atomic E-state index is -0.305. The molecule has 0 radical (unpaired) electrons. The predicted molar refractivity (Wildman–Crippen MR) is 73.5 cm³/mol. The van der Waals surface area contributed by atoms with Gasteiger partial charge in [-0.2, -0.15) is 0 Å². The van der Waals surface area contributed by atoms with E-state index in [4.69, 9.17) is 13.9 Å². The molecule has 1 heterocycles. The van der Waals surface area contributed by atoms with Crippen LogP contribution in [0.4, 0.5) is 4.39 Å². The van der Waals surface area contributed by atoms with Gasteiger partial charge in [-0.05, 0) is 24.3 Å². The fourth-order valence-electron chi connectivity index (χ4n) is 2.07. The molecule has 3 nitrogen and oxygen atoms in total. The van der Waals surface area contributed by atoms with E-state index in [1.165, 1.54) is 12.3 Å². The van der Waals surface area contributed by atoms with E-state index in [0.717, 1.165) is 0 Å². The summed E-state index contributed by atoms with van der Waals surface area (Å²) in [6.45, 7) is 0.237. The first-order valence-electron chi connectivity index (χ1n) is 6.19. The smallest absolute Gasteiger partial charge is 0.137 e.